The molecule has 8 nitrogen and oxygen atoms in total. The lowest BCUT2D eigenvalue weighted by Crippen LogP contribution is -1.99. The number of phenols is 1. The summed E-state index contributed by atoms with van der Waals surface area (Å²) in [5, 5.41) is 23.8. The molecule has 3 heterocycles. The van der Waals surface area contributed by atoms with E-state index in [2.05, 4.69) is 25.3 Å². The number of hydrogen-bond acceptors (Lipinski definition) is 8. The smallest absolute Gasteiger partial charge is 0.237 e. The van der Waals surface area contributed by atoms with Crippen molar-refractivity contribution in [3.8, 4) is 34.2 Å². The molecule has 0 amide bonds. The largest absolute Gasteiger partial charge is 0.508 e. The van der Waals surface area contributed by atoms with Gasteiger partial charge in [-0.1, -0.05) is 28.5 Å². The minimum atomic E-state index is 0.182. The Bertz CT molecular complexity index is 1340. The summed E-state index contributed by atoms with van der Waals surface area (Å²) in [7, 11) is 0. The molecule has 158 valence electrons. The van der Waals surface area contributed by atoms with Crippen molar-refractivity contribution in [3.05, 3.63) is 84.0 Å². The van der Waals surface area contributed by atoms with Crippen molar-refractivity contribution in [2.45, 2.75) is 10.9 Å². The lowest BCUT2D eigenvalue weighted by Gasteiger charge is -2.10. The van der Waals surface area contributed by atoms with E-state index in [1.165, 1.54) is 11.8 Å². The molecule has 0 fully saturated rings. The van der Waals surface area contributed by atoms with E-state index in [1.54, 1.807) is 48.8 Å². The molecule has 10 heteroatoms. The number of benzene rings is 2. The highest BCUT2D eigenvalue weighted by Crippen LogP contribution is 2.30. The number of thioether (sulfide) groups is 1. The Balaban J connectivity index is 1.43. The quantitative estimate of drug-likeness (QED) is 0.350. The van der Waals surface area contributed by atoms with Crippen LogP contribution in [0.25, 0.3) is 28.5 Å². The van der Waals surface area contributed by atoms with Gasteiger partial charge < -0.3 is 9.63 Å². The fourth-order valence-corrected chi connectivity index (χ4v) is 3.96. The monoisotopic (exact) mass is 462 g/mol. The highest BCUT2D eigenvalue weighted by Gasteiger charge is 2.18. The number of phenolic OH excluding ortho intramolecular Hbond substituents is 1. The number of aromatic nitrogens is 6. The molecule has 5 aromatic rings. The minimum absolute atomic E-state index is 0.182. The number of rotatable bonds is 6. The molecule has 0 aliphatic rings. The van der Waals surface area contributed by atoms with Gasteiger partial charge in [0.1, 0.15) is 5.75 Å². The first kappa shape index (κ1) is 20.2. The molecule has 0 radical (unpaired) electrons. The third kappa shape index (κ3) is 4.20. The molecule has 0 unspecified atom stereocenters. The summed E-state index contributed by atoms with van der Waals surface area (Å²) >= 11 is 7.36. The molecule has 0 aliphatic carbocycles. The Morgan fingerprint density at radius 2 is 1.66 bits per heavy atom. The molecule has 0 bridgehead atoms. The third-order valence-corrected chi connectivity index (χ3v) is 5.74. The van der Waals surface area contributed by atoms with Crippen molar-refractivity contribution in [2.75, 3.05) is 0 Å². The van der Waals surface area contributed by atoms with Crippen LogP contribution in [-0.4, -0.2) is 35.0 Å². The van der Waals surface area contributed by atoms with E-state index in [1.807, 2.05) is 28.8 Å². The van der Waals surface area contributed by atoms with Crippen molar-refractivity contribution >= 4 is 23.4 Å². The summed E-state index contributed by atoms with van der Waals surface area (Å²) in [6.45, 7) is 0. The van der Waals surface area contributed by atoms with Gasteiger partial charge in [0.2, 0.25) is 11.7 Å². The van der Waals surface area contributed by atoms with Crippen molar-refractivity contribution < 1.29 is 9.63 Å². The van der Waals surface area contributed by atoms with Gasteiger partial charge in [-0.15, -0.1) is 10.2 Å². The number of nitrogens with zero attached hydrogens (tertiary/aromatic N) is 6. The Morgan fingerprint density at radius 3 is 2.41 bits per heavy atom. The zero-order valence-corrected chi connectivity index (χ0v) is 18.0. The van der Waals surface area contributed by atoms with Crippen LogP contribution in [0, 0.1) is 0 Å². The molecule has 5 rings (SSSR count). The van der Waals surface area contributed by atoms with Crippen LogP contribution in [0.4, 0.5) is 0 Å². The maximum atomic E-state index is 9.68. The van der Waals surface area contributed by atoms with E-state index >= 15 is 0 Å². The van der Waals surface area contributed by atoms with E-state index in [-0.39, 0.29) is 5.75 Å². The van der Waals surface area contributed by atoms with Crippen molar-refractivity contribution in [2.24, 2.45) is 0 Å². The van der Waals surface area contributed by atoms with Gasteiger partial charge in [0.25, 0.3) is 0 Å². The molecular formula is C22H15ClN6O2S. The number of hydrogen-bond donors (Lipinski definition) is 1. The van der Waals surface area contributed by atoms with Gasteiger partial charge in [0.15, 0.2) is 11.0 Å². The number of aromatic hydroxyl groups is 1. The summed E-state index contributed by atoms with van der Waals surface area (Å²) < 4.78 is 7.32. The average Bonchev–Trinajstić information content (AvgIpc) is 3.47. The molecule has 0 atom stereocenters. The van der Waals surface area contributed by atoms with E-state index in [0.29, 0.717) is 33.5 Å². The van der Waals surface area contributed by atoms with Gasteiger partial charge in [0.05, 0.1) is 5.75 Å². The lowest BCUT2D eigenvalue weighted by atomic mass is 10.2. The SMILES string of the molecule is Oc1ccc(-n2c(SCc3nc(-c4ccc(Cl)cc4)no3)nnc2-c2ccncc2)cc1. The number of pyridine rings is 1. The molecule has 1 N–H and O–H groups in total. The van der Waals surface area contributed by atoms with E-state index < -0.39 is 0 Å². The minimum Gasteiger partial charge on any atom is -0.508 e. The maximum absolute atomic E-state index is 9.68. The Morgan fingerprint density at radius 1 is 0.906 bits per heavy atom. The summed E-state index contributed by atoms with van der Waals surface area (Å²) in [4.78, 5) is 8.53. The second kappa shape index (κ2) is 8.81. The maximum Gasteiger partial charge on any atom is 0.237 e. The molecule has 0 saturated carbocycles. The fourth-order valence-electron chi connectivity index (χ4n) is 3.04. The van der Waals surface area contributed by atoms with Crippen LogP contribution in [0.15, 0.2) is 82.7 Å². The molecular weight excluding hydrogens is 448 g/mol. The first-order valence-corrected chi connectivity index (χ1v) is 10.9. The second-order valence-corrected chi connectivity index (χ2v) is 8.08. The zero-order chi connectivity index (χ0) is 21.9. The first-order valence-electron chi connectivity index (χ1n) is 9.54. The van der Waals surface area contributed by atoms with E-state index in [9.17, 15) is 5.11 Å². The third-order valence-electron chi connectivity index (χ3n) is 4.58. The molecule has 32 heavy (non-hydrogen) atoms. The average molecular weight is 463 g/mol. The molecule has 2 aromatic carbocycles. The van der Waals surface area contributed by atoms with Crippen LogP contribution in [0.3, 0.4) is 0 Å². The van der Waals surface area contributed by atoms with Gasteiger partial charge in [-0.05, 0) is 60.7 Å². The normalized spacial score (nSPS) is 11.0. The topological polar surface area (TPSA) is 103 Å². The Kier molecular flexibility index (Phi) is 5.57. The predicted octanol–water partition coefficient (Wildman–Crippen LogP) is 5.03. The lowest BCUT2D eigenvalue weighted by molar-refractivity contribution is 0.391. The first-order chi connectivity index (χ1) is 15.7. The Hall–Kier alpha value is -3.69. The molecule has 3 aromatic heterocycles. The predicted molar refractivity (Wildman–Crippen MR) is 121 cm³/mol. The van der Waals surface area contributed by atoms with E-state index in [4.69, 9.17) is 16.1 Å². The van der Waals surface area contributed by atoms with Gasteiger partial charge in [-0.2, -0.15) is 4.98 Å². The second-order valence-electron chi connectivity index (χ2n) is 6.70. The fraction of sp³-hybridized carbons (Fsp3) is 0.0455. The molecule has 0 spiro atoms. The van der Waals surface area contributed by atoms with Gasteiger partial charge in [0, 0.05) is 34.2 Å². The van der Waals surface area contributed by atoms with Crippen molar-refractivity contribution in [3.63, 3.8) is 0 Å². The van der Waals surface area contributed by atoms with Gasteiger partial charge in [-0.3, -0.25) is 9.55 Å². The van der Waals surface area contributed by atoms with Crippen molar-refractivity contribution in [1.29, 1.82) is 0 Å². The molecule has 0 saturated heterocycles. The van der Waals surface area contributed by atoms with Crippen LogP contribution >= 0.6 is 23.4 Å². The Labute approximate surface area is 191 Å². The van der Waals surface area contributed by atoms with Crippen molar-refractivity contribution in [1.82, 2.24) is 29.9 Å². The summed E-state index contributed by atoms with van der Waals surface area (Å²) in [6.07, 6.45) is 3.41. The number of halogens is 1. The van der Waals surface area contributed by atoms with Crippen LogP contribution in [0.1, 0.15) is 5.89 Å². The standard InChI is InChI=1S/C22H15ClN6O2S/c23-16-3-1-14(2-4-16)20-25-19(31-28-20)13-32-22-27-26-21(15-9-11-24-12-10-15)29(22)17-5-7-18(30)8-6-17/h1-12,30H,13H2. The molecule has 0 aliphatic heterocycles. The van der Waals surface area contributed by atoms with Crippen LogP contribution in [0.2, 0.25) is 5.02 Å². The summed E-state index contributed by atoms with van der Waals surface area (Å²) in [5.74, 6) is 2.21. The van der Waals surface area contributed by atoms with Crippen LogP contribution < -0.4 is 0 Å². The highest BCUT2D eigenvalue weighted by molar-refractivity contribution is 7.98. The van der Waals surface area contributed by atoms with Crippen LogP contribution in [-0.2, 0) is 5.75 Å². The summed E-state index contributed by atoms with van der Waals surface area (Å²) in [6, 6.07) is 17.8. The highest BCUT2D eigenvalue weighted by atomic mass is 35.5. The summed E-state index contributed by atoms with van der Waals surface area (Å²) in [5.41, 5.74) is 2.51. The zero-order valence-electron chi connectivity index (χ0n) is 16.5. The van der Waals surface area contributed by atoms with Crippen LogP contribution in [0.5, 0.6) is 5.75 Å². The van der Waals surface area contributed by atoms with Gasteiger partial charge in [-0.25, -0.2) is 0 Å². The van der Waals surface area contributed by atoms with Gasteiger partial charge >= 0.3 is 0 Å². The van der Waals surface area contributed by atoms with E-state index in [0.717, 1.165) is 16.8 Å².